The third-order valence-electron chi connectivity index (χ3n) is 4.29. The van der Waals surface area contributed by atoms with Gasteiger partial charge in [-0.3, -0.25) is 4.79 Å². The molecule has 0 atom stereocenters. The highest BCUT2D eigenvalue weighted by atomic mass is 35.5. The number of nitrogens with one attached hydrogen (secondary N) is 1. The highest BCUT2D eigenvalue weighted by Crippen LogP contribution is 2.18. The second kappa shape index (κ2) is 10.1. The van der Waals surface area contributed by atoms with E-state index in [0.717, 1.165) is 0 Å². The Morgan fingerprint density at radius 3 is 2.12 bits per heavy atom. The molecule has 3 rings (SSSR count). The second-order valence-corrected chi connectivity index (χ2v) is 8.66. The number of halogens is 1. The summed E-state index contributed by atoms with van der Waals surface area (Å²) >= 11 is 5.80. The Bertz CT molecular complexity index is 1360. The normalized spacial score (nSPS) is 11.4. The molecule has 0 bridgehead atoms. The van der Waals surface area contributed by atoms with Gasteiger partial charge in [0, 0.05) is 10.7 Å². The zero-order valence-electron chi connectivity index (χ0n) is 16.9. The summed E-state index contributed by atoms with van der Waals surface area (Å²) in [6, 6.07) is 19.5. The van der Waals surface area contributed by atoms with Gasteiger partial charge in [-0.1, -0.05) is 23.7 Å². The lowest BCUT2D eigenvalue weighted by atomic mass is 10.1. The van der Waals surface area contributed by atoms with Crippen LogP contribution in [-0.2, 0) is 14.8 Å². The van der Waals surface area contributed by atoms with E-state index in [1.54, 1.807) is 36.4 Å². The Morgan fingerprint density at radius 2 is 1.58 bits per heavy atom. The summed E-state index contributed by atoms with van der Waals surface area (Å²) in [4.78, 5) is 24.5. The summed E-state index contributed by atoms with van der Waals surface area (Å²) < 4.78 is 27.9. The van der Waals surface area contributed by atoms with E-state index in [0.29, 0.717) is 16.1 Å². The molecule has 33 heavy (non-hydrogen) atoms. The van der Waals surface area contributed by atoms with Crippen LogP contribution in [0.25, 0.3) is 6.08 Å². The molecule has 3 aromatic carbocycles. The van der Waals surface area contributed by atoms with E-state index in [9.17, 15) is 23.3 Å². The number of hydrogen-bond acceptors (Lipinski definition) is 6. The SMILES string of the molecule is N#CC(=Cc1ccc(OC(=O)c2ccc(Cl)cc2)cc1)C(=O)Nc1ccc(S(N)(=O)=O)cc1. The first-order valence-corrected chi connectivity index (χ1v) is 11.2. The fourth-order valence-electron chi connectivity index (χ4n) is 2.63. The second-order valence-electron chi connectivity index (χ2n) is 6.66. The Morgan fingerprint density at radius 1 is 0.970 bits per heavy atom. The van der Waals surface area contributed by atoms with Crippen LogP contribution in [0.4, 0.5) is 5.69 Å². The Balaban J connectivity index is 1.68. The largest absolute Gasteiger partial charge is 0.423 e. The van der Waals surface area contributed by atoms with E-state index >= 15 is 0 Å². The highest BCUT2D eigenvalue weighted by Gasteiger charge is 2.12. The molecule has 0 fully saturated rings. The quantitative estimate of drug-likeness (QED) is 0.238. The van der Waals surface area contributed by atoms with Gasteiger partial charge in [0.2, 0.25) is 10.0 Å². The van der Waals surface area contributed by atoms with Crippen LogP contribution in [0.3, 0.4) is 0 Å². The maximum absolute atomic E-state index is 12.4. The van der Waals surface area contributed by atoms with Crippen molar-refractivity contribution in [2.24, 2.45) is 5.14 Å². The number of primary sulfonamides is 1. The molecule has 0 saturated heterocycles. The van der Waals surface area contributed by atoms with Crippen LogP contribution in [0.1, 0.15) is 15.9 Å². The fourth-order valence-corrected chi connectivity index (χ4v) is 3.27. The molecule has 0 spiro atoms. The first-order valence-electron chi connectivity index (χ1n) is 9.29. The molecular formula is C23H16ClN3O5S. The van der Waals surface area contributed by atoms with Gasteiger partial charge in [-0.2, -0.15) is 5.26 Å². The van der Waals surface area contributed by atoms with Crippen LogP contribution < -0.4 is 15.2 Å². The van der Waals surface area contributed by atoms with Crippen molar-refractivity contribution in [2.75, 3.05) is 5.32 Å². The van der Waals surface area contributed by atoms with Crippen LogP contribution in [0.5, 0.6) is 5.75 Å². The number of nitrogens with zero attached hydrogens (tertiary/aromatic N) is 1. The number of carbonyl (C=O) groups excluding carboxylic acids is 2. The third-order valence-corrected chi connectivity index (χ3v) is 5.47. The lowest BCUT2D eigenvalue weighted by molar-refractivity contribution is -0.112. The summed E-state index contributed by atoms with van der Waals surface area (Å²) in [6.45, 7) is 0. The predicted octanol–water partition coefficient (Wildman–Crippen LogP) is 3.75. The van der Waals surface area contributed by atoms with E-state index in [2.05, 4.69) is 5.32 Å². The summed E-state index contributed by atoms with van der Waals surface area (Å²) in [5.41, 5.74) is 0.968. The van der Waals surface area contributed by atoms with Crippen molar-refractivity contribution in [1.29, 1.82) is 5.26 Å². The van der Waals surface area contributed by atoms with Gasteiger partial charge in [-0.05, 0) is 72.3 Å². The number of nitrogens with two attached hydrogens (primary N) is 1. The number of sulfonamides is 1. The molecule has 8 nitrogen and oxygen atoms in total. The monoisotopic (exact) mass is 481 g/mol. The smallest absolute Gasteiger partial charge is 0.343 e. The lowest BCUT2D eigenvalue weighted by Gasteiger charge is -2.06. The van der Waals surface area contributed by atoms with E-state index in [4.69, 9.17) is 21.5 Å². The maximum Gasteiger partial charge on any atom is 0.343 e. The Kier molecular flexibility index (Phi) is 7.25. The average molecular weight is 482 g/mol. The molecule has 10 heteroatoms. The van der Waals surface area contributed by atoms with Crippen molar-refractivity contribution in [3.63, 3.8) is 0 Å². The number of rotatable bonds is 6. The third kappa shape index (κ3) is 6.51. The number of nitriles is 1. The number of esters is 1. The predicted molar refractivity (Wildman–Crippen MR) is 123 cm³/mol. The highest BCUT2D eigenvalue weighted by molar-refractivity contribution is 7.89. The summed E-state index contributed by atoms with van der Waals surface area (Å²) in [5, 5.41) is 17.4. The number of carbonyl (C=O) groups is 2. The summed E-state index contributed by atoms with van der Waals surface area (Å²) in [6.07, 6.45) is 1.36. The van der Waals surface area contributed by atoms with Crippen LogP contribution in [0.15, 0.2) is 83.3 Å². The number of benzene rings is 3. The lowest BCUT2D eigenvalue weighted by Crippen LogP contribution is -2.14. The van der Waals surface area contributed by atoms with Crippen LogP contribution in [0, 0.1) is 11.3 Å². The number of anilines is 1. The number of hydrogen-bond donors (Lipinski definition) is 2. The van der Waals surface area contributed by atoms with Gasteiger partial charge in [0.05, 0.1) is 10.5 Å². The van der Waals surface area contributed by atoms with Crippen molar-refractivity contribution in [3.8, 4) is 11.8 Å². The summed E-state index contributed by atoms with van der Waals surface area (Å²) in [5.74, 6) is -0.954. The molecule has 3 aromatic rings. The van der Waals surface area contributed by atoms with Crippen molar-refractivity contribution in [2.45, 2.75) is 4.90 Å². The fraction of sp³-hybridized carbons (Fsp3) is 0. The zero-order chi connectivity index (χ0) is 24.0. The molecular weight excluding hydrogens is 466 g/mol. The first-order chi connectivity index (χ1) is 15.7. The molecule has 3 N–H and O–H groups in total. The van der Waals surface area contributed by atoms with Crippen molar-refractivity contribution in [1.82, 2.24) is 0 Å². The molecule has 0 heterocycles. The molecule has 0 aliphatic rings. The van der Waals surface area contributed by atoms with Gasteiger partial charge < -0.3 is 10.1 Å². The molecule has 0 radical (unpaired) electrons. The molecule has 1 amide bonds. The van der Waals surface area contributed by atoms with E-state index in [1.807, 2.05) is 6.07 Å². The first kappa shape index (κ1) is 23.7. The molecule has 0 aliphatic carbocycles. The van der Waals surface area contributed by atoms with Crippen molar-refractivity contribution >= 4 is 45.3 Å². The van der Waals surface area contributed by atoms with Gasteiger partial charge in [0.15, 0.2) is 0 Å². The van der Waals surface area contributed by atoms with Crippen LogP contribution in [-0.4, -0.2) is 20.3 Å². The number of ether oxygens (including phenoxy) is 1. The van der Waals surface area contributed by atoms with Crippen molar-refractivity contribution < 1.29 is 22.7 Å². The van der Waals surface area contributed by atoms with Crippen molar-refractivity contribution in [3.05, 3.63) is 94.5 Å². The molecule has 0 unspecified atom stereocenters. The topological polar surface area (TPSA) is 139 Å². The molecule has 166 valence electrons. The average Bonchev–Trinajstić information content (AvgIpc) is 2.78. The van der Waals surface area contributed by atoms with E-state index in [-0.39, 0.29) is 21.9 Å². The zero-order valence-corrected chi connectivity index (χ0v) is 18.4. The summed E-state index contributed by atoms with van der Waals surface area (Å²) in [7, 11) is -3.85. The number of amides is 1. The van der Waals surface area contributed by atoms with E-state index < -0.39 is 21.9 Å². The Hall–Kier alpha value is -3.97. The Labute approximate surface area is 194 Å². The molecule has 0 saturated carbocycles. The van der Waals surface area contributed by atoms with Gasteiger partial charge in [-0.25, -0.2) is 18.4 Å². The van der Waals surface area contributed by atoms with Gasteiger partial charge in [-0.15, -0.1) is 0 Å². The van der Waals surface area contributed by atoms with Gasteiger partial charge in [0.1, 0.15) is 17.4 Å². The standard InChI is InChI=1S/C23H16ClN3O5S/c24-18-5-3-16(4-6-18)23(29)32-20-9-1-15(2-10-20)13-17(14-25)22(28)27-19-7-11-21(12-8-19)33(26,30)31/h1-13H,(H,27,28)(H2,26,30,31). The molecule has 0 aliphatic heterocycles. The van der Waals surface area contributed by atoms with Crippen LogP contribution >= 0.6 is 11.6 Å². The van der Waals surface area contributed by atoms with E-state index in [1.165, 1.54) is 42.5 Å². The minimum absolute atomic E-state index is 0.103. The van der Waals surface area contributed by atoms with Gasteiger partial charge in [0.25, 0.3) is 5.91 Å². The molecule has 0 aromatic heterocycles. The maximum atomic E-state index is 12.4. The minimum atomic E-state index is -3.85. The van der Waals surface area contributed by atoms with Gasteiger partial charge >= 0.3 is 5.97 Å². The minimum Gasteiger partial charge on any atom is -0.423 e. The van der Waals surface area contributed by atoms with Crippen LogP contribution in [0.2, 0.25) is 5.02 Å².